The fourth-order valence-electron chi connectivity index (χ4n) is 3.43. The number of carboxylic acid groups (broad SMARTS) is 1. The van der Waals surface area contributed by atoms with Gasteiger partial charge in [0.05, 0.1) is 18.3 Å². The van der Waals surface area contributed by atoms with Crippen LogP contribution in [0.3, 0.4) is 0 Å². The van der Waals surface area contributed by atoms with Crippen molar-refractivity contribution in [3.05, 3.63) is 82.1 Å². The van der Waals surface area contributed by atoms with Crippen LogP contribution in [-0.2, 0) is 19.4 Å². The zero-order chi connectivity index (χ0) is 20.4. The third-order valence-electron chi connectivity index (χ3n) is 5.10. The highest BCUT2D eigenvalue weighted by Gasteiger charge is 2.22. The summed E-state index contributed by atoms with van der Waals surface area (Å²) < 4.78 is 0. The van der Waals surface area contributed by atoms with Gasteiger partial charge in [0.2, 0.25) is 0 Å². The highest BCUT2D eigenvalue weighted by atomic mass is 35.5. The van der Waals surface area contributed by atoms with Crippen LogP contribution in [0.1, 0.15) is 28.5 Å². The van der Waals surface area contributed by atoms with Gasteiger partial charge in [-0.2, -0.15) is 0 Å². The summed E-state index contributed by atoms with van der Waals surface area (Å²) in [5.41, 5.74) is 4.42. The van der Waals surface area contributed by atoms with Crippen LogP contribution in [0.15, 0.2) is 54.7 Å². The smallest absolute Gasteiger partial charge is 0.407 e. The molecule has 1 amide bonds. The first-order valence-electron chi connectivity index (χ1n) is 9.35. The Morgan fingerprint density at radius 1 is 1.14 bits per heavy atom. The number of hydrogen-bond acceptors (Lipinski definition) is 4. The molecule has 3 aromatic rings. The summed E-state index contributed by atoms with van der Waals surface area (Å²) in [5.74, 6) is 0.603. The Morgan fingerprint density at radius 3 is 2.55 bits per heavy atom. The Morgan fingerprint density at radius 2 is 1.86 bits per heavy atom. The number of rotatable bonds is 4. The van der Waals surface area contributed by atoms with Gasteiger partial charge >= 0.3 is 6.09 Å². The Bertz CT molecular complexity index is 1020. The van der Waals surface area contributed by atoms with Gasteiger partial charge in [-0.3, -0.25) is 0 Å². The van der Waals surface area contributed by atoms with Crippen LogP contribution in [0.5, 0.6) is 0 Å². The van der Waals surface area contributed by atoms with Gasteiger partial charge < -0.3 is 15.1 Å². The van der Waals surface area contributed by atoms with Crippen LogP contribution < -0.4 is 0 Å². The summed E-state index contributed by atoms with van der Waals surface area (Å²) in [6.45, 7) is 0.759. The molecule has 1 atom stereocenters. The molecule has 0 spiro atoms. The Balaban J connectivity index is 1.48. The minimum atomic E-state index is -0.924. The number of benzene rings is 2. The molecular formula is C22H20ClN3O3. The average Bonchev–Trinajstić information content (AvgIpc) is 2.74. The van der Waals surface area contributed by atoms with Crippen molar-refractivity contribution >= 4 is 17.7 Å². The third-order valence-corrected chi connectivity index (χ3v) is 5.35. The maximum atomic E-state index is 11.1. The molecule has 1 aromatic heterocycles. The number of amides is 1. The van der Waals surface area contributed by atoms with Crippen molar-refractivity contribution in [1.29, 1.82) is 0 Å². The van der Waals surface area contributed by atoms with Crippen molar-refractivity contribution in [2.75, 3.05) is 6.54 Å². The Labute approximate surface area is 173 Å². The van der Waals surface area contributed by atoms with Crippen LogP contribution in [0.2, 0.25) is 5.02 Å². The van der Waals surface area contributed by atoms with Gasteiger partial charge in [-0.1, -0.05) is 48.0 Å². The lowest BCUT2D eigenvalue weighted by Gasteiger charge is -2.25. The molecule has 29 heavy (non-hydrogen) atoms. The minimum Gasteiger partial charge on any atom is -0.465 e. The van der Waals surface area contributed by atoms with E-state index in [4.69, 9.17) is 16.7 Å². The van der Waals surface area contributed by atoms with Crippen molar-refractivity contribution in [3.8, 4) is 11.4 Å². The van der Waals surface area contributed by atoms with Crippen molar-refractivity contribution in [3.63, 3.8) is 0 Å². The predicted molar refractivity (Wildman–Crippen MR) is 110 cm³/mol. The topological polar surface area (TPSA) is 86.5 Å². The number of hydrogen-bond donors (Lipinski definition) is 2. The van der Waals surface area contributed by atoms with Gasteiger partial charge in [-0.15, -0.1) is 0 Å². The molecule has 2 N–H and O–H groups in total. The van der Waals surface area contributed by atoms with Crippen LogP contribution in [0.4, 0.5) is 4.79 Å². The standard InChI is InChI=1S/C22H20ClN3O3/c23-18-7-1-14(2-8-18)11-20(27)15-3-5-16(6-4-15)21-24-12-17-13-26(22(28)29)10-9-19(17)25-21/h1-8,12,20,27H,9-11,13H2,(H,28,29). The molecule has 1 aliphatic rings. The zero-order valence-electron chi connectivity index (χ0n) is 15.6. The molecule has 2 aromatic carbocycles. The molecule has 148 valence electrons. The summed E-state index contributed by atoms with van der Waals surface area (Å²) in [4.78, 5) is 21.5. The average molecular weight is 410 g/mol. The fourth-order valence-corrected chi connectivity index (χ4v) is 3.56. The molecule has 0 bridgehead atoms. The van der Waals surface area contributed by atoms with Crippen LogP contribution >= 0.6 is 11.6 Å². The number of aromatic nitrogens is 2. The van der Waals surface area contributed by atoms with E-state index in [0.717, 1.165) is 27.9 Å². The van der Waals surface area contributed by atoms with E-state index in [0.29, 0.717) is 36.8 Å². The summed E-state index contributed by atoms with van der Waals surface area (Å²) >= 11 is 5.90. The number of halogens is 1. The maximum absolute atomic E-state index is 11.1. The monoisotopic (exact) mass is 409 g/mol. The van der Waals surface area contributed by atoms with Crippen molar-refractivity contribution < 1.29 is 15.0 Å². The van der Waals surface area contributed by atoms with Crippen molar-refractivity contribution in [2.24, 2.45) is 0 Å². The van der Waals surface area contributed by atoms with E-state index in [2.05, 4.69) is 9.97 Å². The van der Waals surface area contributed by atoms with Crippen molar-refractivity contribution in [2.45, 2.75) is 25.5 Å². The molecule has 7 heteroatoms. The Kier molecular flexibility index (Phi) is 5.47. The second-order valence-corrected chi connectivity index (χ2v) is 7.52. The zero-order valence-corrected chi connectivity index (χ0v) is 16.4. The molecular weight excluding hydrogens is 390 g/mol. The lowest BCUT2D eigenvalue weighted by Crippen LogP contribution is -2.35. The van der Waals surface area contributed by atoms with Gasteiger partial charge in [-0.05, 0) is 23.3 Å². The van der Waals surface area contributed by atoms with E-state index in [1.54, 1.807) is 6.20 Å². The maximum Gasteiger partial charge on any atom is 0.407 e. The normalized spacial score (nSPS) is 14.3. The molecule has 0 fully saturated rings. The quantitative estimate of drug-likeness (QED) is 0.677. The molecule has 1 aliphatic heterocycles. The Hall–Kier alpha value is -2.96. The van der Waals surface area contributed by atoms with Gasteiger partial charge in [0, 0.05) is 41.7 Å². The predicted octanol–water partition coefficient (Wildman–Crippen LogP) is 4.11. The van der Waals surface area contributed by atoms with Crippen LogP contribution in [0.25, 0.3) is 11.4 Å². The highest BCUT2D eigenvalue weighted by molar-refractivity contribution is 6.30. The molecule has 1 unspecified atom stereocenters. The van der Waals surface area contributed by atoms with Gasteiger partial charge in [0.15, 0.2) is 5.82 Å². The van der Waals surface area contributed by atoms with E-state index >= 15 is 0 Å². The lowest BCUT2D eigenvalue weighted by atomic mass is 10.00. The number of carbonyl (C=O) groups is 1. The first-order valence-corrected chi connectivity index (χ1v) is 9.73. The fraction of sp³-hybridized carbons (Fsp3) is 0.227. The molecule has 2 heterocycles. The summed E-state index contributed by atoms with van der Waals surface area (Å²) in [6.07, 6.45) is 1.25. The van der Waals surface area contributed by atoms with E-state index in [9.17, 15) is 9.90 Å². The number of nitrogens with zero attached hydrogens (tertiary/aromatic N) is 3. The SMILES string of the molecule is O=C(O)N1CCc2nc(-c3ccc(C(O)Cc4ccc(Cl)cc4)cc3)ncc2C1. The van der Waals surface area contributed by atoms with E-state index < -0.39 is 12.2 Å². The first-order chi connectivity index (χ1) is 14.0. The van der Waals surface area contributed by atoms with Crippen LogP contribution in [0, 0.1) is 0 Å². The van der Waals surface area contributed by atoms with Gasteiger partial charge in [0.1, 0.15) is 0 Å². The van der Waals surface area contributed by atoms with Gasteiger partial charge in [-0.25, -0.2) is 14.8 Å². The molecule has 0 aliphatic carbocycles. The largest absolute Gasteiger partial charge is 0.465 e. The molecule has 4 rings (SSSR count). The van der Waals surface area contributed by atoms with E-state index in [1.807, 2.05) is 48.5 Å². The van der Waals surface area contributed by atoms with Gasteiger partial charge in [0.25, 0.3) is 0 Å². The molecule has 6 nitrogen and oxygen atoms in total. The third kappa shape index (κ3) is 4.39. The molecule has 0 radical (unpaired) electrons. The highest BCUT2D eigenvalue weighted by Crippen LogP contribution is 2.24. The van der Waals surface area contributed by atoms with E-state index in [1.165, 1.54) is 4.90 Å². The van der Waals surface area contributed by atoms with Crippen molar-refractivity contribution in [1.82, 2.24) is 14.9 Å². The first kappa shape index (κ1) is 19.4. The van der Waals surface area contributed by atoms with Crippen LogP contribution in [-0.4, -0.2) is 37.7 Å². The van der Waals surface area contributed by atoms with E-state index in [-0.39, 0.29) is 0 Å². The molecule has 0 saturated carbocycles. The summed E-state index contributed by atoms with van der Waals surface area (Å²) in [5, 5.41) is 20.3. The summed E-state index contributed by atoms with van der Waals surface area (Å²) in [7, 11) is 0. The number of fused-ring (bicyclic) bond motifs is 1. The number of aliphatic hydroxyl groups excluding tert-OH is 1. The lowest BCUT2D eigenvalue weighted by molar-refractivity contribution is 0.139. The molecule has 0 saturated heterocycles. The second kappa shape index (κ2) is 8.19. The minimum absolute atomic E-state index is 0.320. The summed E-state index contributed by atoms with van der Waals surface area (Å²) in [6, 6.07) is 15.0. The number of aliphatic hydroxyl groups is 1. The second-order valence-electron chi connectivity index (χ2n) is 7.09.